The van der Waals surface area contributed by atoms with E-state index in [1.54, 1.807) is 13.8 Å². The van der Waals surface area contributed by atoms with Gasteiger partial charge in [0, 0.05) is 19.6 Å². The SMILES string of the molecule is CCNC(=NCCOc1cc(C)cc(C)c1)N1CCS(=O)(=O)C(C)(C)C1. The van der Waals surface area contributed by atoms with Crippen LogP contribution in [0.2, 0.25) is 0 Å². The summed E-state index contributed by atoms with van der Waals surface area (Å²) in [5, 5.41) is 3.26. The highest BCUT2D eigenvalue weighted by molar-refractivity contribution is 7.92. The third-order valence-electron chi connectivity index (χ3n) is 4.49. The zero-order chi connectivity index (χ0) is 19.4. The van der Waals surface area contributed by atoms with Crippen molar-refractivity contribution in [1.82, 2.24) is 10.2 Å². The summed E-state index contributed by atoms with van der Waals surface area (Å²) in [7, 11) is -3.06. The van der Waals surface area contributed by atoms with E-state index in [1.807, 2.05) is 37.8 Å². The number of nitrogens with one attached hydrogen (secondary N) is 1. The van der Waals surface area contributed by atoms with Crippen LogP contribution in [0.15, 0.2) is 23.2 Å². The molecule has 1 heterocycles. The number of aliphatic imine (C=N–C) groups is 1. The maximum atomic E-state index is 12.2. The summed E-state index contributed by atoms with van der Waals surface area (Å²) in [6, 6.07) is 6.14. The molecule has 0 aliphatic carbocycles. The van der Waals surface area contributed by atoms with Crippen LogP contribution in [-0.2, 0) is 9.84 Å². The highest BCUT2D eigenvalue weighted by Crippen LogP contribution is 2.23. The molecule has 0 atom stereocenters. The van der Waals surface area contributed by atoms with Gasteiger partial charge in [-0.1, -0.05) is 6.07 Å². The third kappa shape index (κ3) is 5.13. The molecule has 6 nitrogen and oxygen atoms in total. The maximum absolute atomic E-state index is 12.2. The Labute approximate surface area is 157 Å². The van der Waals surface area contributed by atoms with Crippen molar-refractivity contribution in [3.8, 4) is 5.75 Å². The van der Waals surface area contributed by atoms with Gasteiger partial charge in [0.05, 0.1) is 17.0 Å². The Morgan fingerprint density at radius 1 is 1.27 bits per heavy atom. The molecule has 1 aliphatic heterocycles. The van der Waals surface area contributed by atoms with Gasteiger partial charge in [-0.05, 0) is 57.9 Å². The molecule has 0 aromatic heterocycles. The molecular formula is C19H31N3O3S. The molecule has 1 aromatic carbocycles. The molecule has 1 saturated heterocycles. The van der Waals surface area contributed by atoms with Gasteiger partial charge < -0.3 is 15.0 Å². The minimum Gasteiger partial charge on any atom is -0.492 e. The number of aryl methyl sites for hydroxylation is 2. The van der Waals surface area contributed by atoms with Gasteiger partial charge in [0.25, 0.3) is 0 Å². The van der Waals surface area contributed by atoms with E-state index >= 15 is 0 Å². The van der Waals surface area contributed by atoms with Crippen molar-refractivity contribution in [3.05, 3.63) is 29.3 Å². The summed E-state index contributed by atoms with van der Waals surface area (Å²) in [4.78, 5) is 6.65. The van der Waals surface area contributed by atoms with Crippen LogP contribution in [0, 0.1) is 13.8 Å². The summed E-state index contributed by atoms with van der Waals surface area (Å²) in [6.45, 7) is 12.3. The highest BCUT2D eigenvalue weighted by atomic mass is 32.2. The molecule has 0 amide bonds. The first-order chi connectivity index (χ1) is 12.1. The van der Waals surface area contributed by atoms with Crippen molar-refractivity contribution in [1.29, 1.82) is 0 Å². The van der Waals surface area contributed by atoms with Gasteiger partial charge in [0.1, 0.15) is 12.4 Å². The van der Waals surface area contributed by atoms with Crippen LogP contribution < -0.4 is 10.1 Å². The Hall–Kier alpha value is -1.76. The van der Waals surface area contributed by atoms with E-state index in [4.69, 9.17) is 4.74 Å². The zero-order valence-corrected chi connectivity index (χ0v) is 17.3. The van der Waals surface area contributed by atoms with Crippen LogP contribution in [0.3, 0.4) is 0 Å². The molecule has 7 heteroatoms. The molecule has 0 unspecified atom stereocenters. The van der Waals surface area contributed by atoms with Gasteiger partial charge in [0.2, 0.25) is 0 Å². The summed E-state index contributed by atoms with van der Waals surface area (Å²) in [5.41, 5.74) is 2.35. The second-order valence-corrected chi connectivity index (χ2v) is 10.2. The van der Waals surface area contributed by atoms with Crippen LogP contribution >= 0.6 is 0 Å². The molecule has 146 valence electrons. The number of ether oxygens (including phenoxy) is 1. The number of guanidine groups is 1. The molecule has 0 saturated carbocycles. The van der Waals surface area contributed by atoms with Crippen molar-refractivity contribution in [2.75, 3.05) is 38.5 Å². The van der Waals surface area contributed by atoms with Crippen LogP contribution in [0.4, 0.5) is 0 Å². The normalized spacial score (nSPS) is 19.3. The maximum Gasteiger partial charge on any atom is 0.194 e. The molecule has 26 heavy (non-hydrogen) atoms. The van der Waals surface area contributed by atoms with Gasteiger partial charge >= 0.3 is 0 Å². The molecule has 1 aromatic rings. The van der Waals surface area contributed by atoms with Crippen molar-refractivity contribution in [2.45, 2.75) is 39.4 Å². The minimum absolute atomic E-state index is 0.156. The van der Waals surface area contributed by atoms with Gasteiger partial charge in [0.15, 0.2) is 15.8 Å². The summed E-state index contributed by atoms with van der Waals surface area (Å²) >= 11 is 0. The van der Waals surface area contributed by atoms with Gasteiger partial charge in [-0.25, -0.2) is 13.4 Å². The van der Waals surface area contributed by atoms with E-state index in [0.29, 0.717) is 26.2 Å². The Morgan fingerprint density at radius 2 is 1.92 bits per heavy atom. The van der Waals surface area contributed by atoms with E-state index in [-0.39, 0.29) is 5.75 Å². The van der Waals surface area contributed by atoms with E-state index < -0.39 is 14.6 Å². The molecular weight excluding hydrogens is 350 g/mol. The van der Waals surface area contributed by atoms with Gasteiger partial charge in [-0.3, -0.25) is 0 Å². The summed E-state index contributed by atoms with van der Waals surface area (Å²) < 4.78 is 29.4. The van der Waals surface area contributed by atoms with E-state index in [0.717, 1.165) is 18.3 Å². The van der Waals surface area contributed by atoms with E-state index in [2.05, 4.69) is 16.4 Å². The Kier molecular flexibility index (Phi) is 6.55. The lowest BCUT2D eigenvalue weighted by Gasteiger charge is -2.39. The molecule has 1 N–H and O–H groups in total. The Morgan fingerprint density at radius 3 is 2.50 bits per heavy atom. The smallest absolute Gasteiger partial charge is 0.194 e. The first kappa shape index (κ1) is 20.6. The fourth-order valence-corrected chi connectivity index (χ4v) is 4.45. The summed E-state index contributed by atoms with van der Waals surface area (Å²) in [6.07, 6.45) is 0. The van der Waals surface area contributed by atoms with Crippen molar-refractivity contribution in [2.24, 2.45) is 4.99 Å². The van der Waals surface area contributed by atoms with Crippen LogP contribution in [0.1, 0.15) is 31.9 Å². The topological polar surface area (TPSA) is 71.0 Å². The average molecular weight is 382 g/mol. The molecule has 0 spiro atoms. The predicted octanol–water partition coefficient (Wildman–Crippen LogP) is 2.16. The minimum atomic E-state index is -3.06. The second kappa shape index (κ2) is 8.29. The Balaban J connectivity index is 1.98. The first-order valence-electron chi connectivity index (χ1n) is 9.11. The lowest BCUT2D eigenvalue weighted by Crippen LogP contribution is -2.57. The zero-order valence-electron chi connectivity index (χ0n) is 16.5. The third-order valence-corrected chi connectivity index (χ3v) is 7.03. The number of benzene rings is 1. The van der Waals surface area contributed by atoms with Crippen LogP contribution in [0.25, 0.3) is 0 Å². The fraction of sp³-hybridized carbons (Fsp3) is 0.632. The predicted molar refractivity (Wildman–Crippen MR) is 107 cm³/mol. The number of rotatable bonds is 5. The quantitative estimate of drug-likeness (QED) is 0.481. The first-order valence-corrected chi connectivity index (χ1v) is 10.8. The van der Waals surface area contributed by atoms with E-state index in [9.17, 15) is 8.42 Å². The summed E-state index contributed by atoms with van der Waals surface area (Å²) in [5.74, 6) is 1.76. The van der Waals surface area contributed by atoms with Gasteiger partial charge in [-0.15, -0.1) is 0 Å². The number of sulfone groups is 1. The number of hydrogen-bond donors (Lipinski definition) is 1. The number of hydrogen-bond acceptors (Lipinski definition) is 4. The van der Waals surface area contributed by atoms with Crippen molar-refractivity contribution < 1.29 is 13.2 Å². The number of nitrogens with zero attached hydrogens (tertiary/aromatic N) is 2. The fourth-order valence-electron chi connectivity index (χ4n) is 3.08. The van der Waals surface area contributed by atoms with Crippen LogP contribution in [-0.4, -0.2) is 62.6 Å². The van der Waals surface area contributed by atoms with Gasteiger partial charge in [-0.2, -0.15) is 0 Å². The average Bonchev–Trinajstić information content (AvgIpc) is 2.52. The molecule has 1 aliphatic rings. The van der Waals surface area contributed by atoms with Crippen LogP contribution in [0.5, 0.6) is 5.75 Å². The monoisotopic (exact) mass is 381 g/mol. The largest absolute Gasteiger partial charge is 0.492 e. The van der Waals surface area contributed by atoms with Crippen molar-refractivity contribution >= 4 is 15.8 Å². The molecule has 0 bridgehead atoms. The van der Waals surface area contributed by atoms with Crippen molar-refractivity contribution in [3.63, 3.8) is 0 Å². The standard InChI is InChI=1S/C19H31N3O3S/c1-6-20-18(22-8-10-26(23,24)19(4,5)14-22)21-7-9-25-17-12-15(2)11-16(3)13-17/h11-13H,6-10,14H2,1-5H3,(H,20,21). The van der Waals surface area contributed by atoms with E-state index in [1.165, 1.54) is 11.1 Å². The molecule has 2 rings (SSSR count). The Bertz CT molecular complexity index is 737. The lowest BCUT2D eigenvalue weighted by atomic mass is 10.1. The molecule has 0 radical (unpaired) electrons. The second-order valence-electron chi connectivity index (χ2n) is 7.41. The highest BCUT2D eigenvalue weighted by Gasteiger charge is 2.40. The molecule has 1 fully saturated rings. The lowest BCUT2D eigenvalue weighted by molar-refractivity contribution is 0.323.